The number of carbonyl (C=O) groups excluding carboxylic acids is 1. The Kier molecular flexibility index (Phi) is 7.20. The number of hydrogen-bond donors (Lipinski definition) is 1. The first-order valence-corrected chi connectivity index (χ1v) is 8.87. The van der Waals surface area contributed by atoms with E-state index in [1.807, 2.05) is 24.3 Å². The minimum Gasteiger partial charge on any atom is -0.321 e. The van der Waals surface area contributed by atoms with Crippen LogP contribution in [-0.4, -0.2) is 11.7 Å². The van der Waals surface area contributed by atoms with E-state index in [-0.39, 0.29) is 5.91 Å². The van der Waals surface area contributed by atoms with Gasteiger partial charge in [0.1, 0.15) is 0 Å². The molecule has 2 rings (SSSR count). The van der Waals surface area contributed by atoms with Gasteiger partial charge in [-0.1, -0.05) is 41.4 Å². The van der Waals surface area contributed by atoms with Crippen LogP contribution in [0.5, 0.6) is 0 Å². The van der Waals surface area contributed by atoms with E-state index < -0.39 is 0 Å². The number of para-hydroxylation sites is 1. The van der Waals surface area contributed by atoms with E-state index >= 15 is 0 Å². The van der Waals surface area contributed by atoms with Gasteiger partial charge in [0.25, 0.3) is 0 Å². The van der Waals surface area contributed by atoms with Gasteiger partial charge in [0, 0.05) is 23.1 Å². The van der Waals surface area contributed by atoms with Crippen LogP contribution in [0.1, 0.15) is 12.0 Å². The van der Waals surface area contributed by atoms with Gasteiger partial charge in [0.2, 0.25) is 5.91 Å². The maximum absolute atomic E-state index is 12.1. The second-order valence-electron chi connectivity index (χ2n) is 4.75. The molecule has 0 aliphatic heterocycles. The second kappa shape index (κ2) is 9.39. The number of rotatable bonds is 6. The highest BCUT2D eigenvalue weighted by atomic mass is 35.5. The van der Waals surface area contributed by atoms with E-state index in [0.29, 0.717) is 22.2 Å². The molecule has 0 spiro atoms. The van der Waals surface area contributed by atoms with Crippen molar-refractivity contribution in [3.05, 3.63) is 64.1 Å². The Labute approximate surface area is 155 Å². The van der Waals surface area contributed by atoms with Crippen LogP contribution in [0.2, 0.25) is 10.0 Å². The van der Waals surface area contributed by atoms with Crippen LogP contribution in [0.25, 0.3) is 6.08 Å². The Morgan fingerprint density at radius 2 is 2.00 bits per heavy atom. The summed E-state index contributed by atoms with van der Waals surface area (Å²) in [5, 5.41) is 12.4. The number of nitrogens with one attached hydrogen (secondary N) is 1. The van der Waals surface area contributed by atoms with Gasteiger partial charge in [0.15, 0.2) is 0 Å². The molecule has 1 amide bonds. The largest absolute Gasteiger partial charge is 0.321 e. The first kappa shape index (κ1) is 18.4. The average Bonchev–Trinajstić information content (AvgIpc) is 2.58. The maximum Gasteiger partial charge on any atom is 0.248 e. The van der Waals surface area contributed by atoms with Crippen molar-refractivity contribution >= 4 is 52.6 Å². The van der Waals surface area contributed by atoms with E-state index in [9.17, 15) is 4.79 Å². The van der Waals surface area contributed by atoms with Crippen LogP contribution in [0, 0.1) is 11.3 Å². The molecule has 3 nitrogen and oxygen atoms in total. The molecule has 1 N–H and O–H groups in total. The van der Waals surface area contributed by atoms with Crippen molar-refractivity contribution in [3.8, 4) is 6.07 Å². The molecule has 0 atom stereocenters. The van der Waals surface area contributed by atoms with E-state index in [2.05, 4.69) is 11.4 Å². The number of carbonyl (C=O) groups is 1. The summed E-state index contributed by atoms with van der Waals surface area (Å²) in [4.78, 5) is 13.0. The lowest BCUT2D eigenvalue weighted by atomic mass is 10.2. The van der Waals surface area contributed by atoms with Crippen LogP contribution in [0.3, 0.4) is 0 Å². The van der Waals surface area contributed by atoms with E-state index in [0.717, 1.165) is 16.1 Å². The molecule has 0 saturated carbocycles. The zero-order chi connectivity index (χ0) is 17.4. The quantitative estimate of drug-likeness (QED) is 0.402. The van der Waals surface area contributed by atoms with Crippen LogP contribution in [0.15, 0.2) is 53.4 Å². The summed E-state index contributed by atoms with van der Waals surface area (Å²) in [5.74, 6) is 0.442. The fourth-order valence-corrected chi connectivity index (χ4v) is 3.03. The molecule has 122 valence electrons. The molecule has 24 heavy (non-hydrogen) atoms. The summed E-state index contributed by atoms with van der Waals surface area (Å²) < 4.78 is 0. The molecule has 0 aromatic heterocycles. The van der Waals surface area contributed by atoms with Gasteiger partial charge in [-0.25, -0.2) is 0 Å². The van der Waals surface area contributed by atoms with Gasteiger partial charge < -0.3 is 5.32 Å². The zero-order valence-corrected chi connectivity index (χ0v) is 15.0. The summed E-state index contributed by atoms with van der Waals surface area (Å²) in [6, 6.07) is 14.8. The van der Waals surface area contributed by atoms with Crippen LogP contribution in [0.4, 0.5) is 5.69 Å². The van der Waals surface area contributed by atoms with Gasteiger partial charge in [-0.3, -0.25) is 4.79 Å². The minimum absolute atomic E-state index is 0.241. The molecular weight excluding hydrogens is 363 g/mol. The molecular formula is C18H14Cl2N2OS. The summed E-state index contributed by atoms with van der Waals surface area (Å²) in [6.45, 7) is 0. The normalized spacial score (nSPS) is 10.5. The average molecular weight is 377 g/mol. The number of benzene rings is 2. The third-order valence-corrected chi connectivity index (χ3v) is 4.80. The van der Waals surface area contributed by atoms with E-state index in [4.69, 9.17) is 28.5 Å². The molecule has 2 aromatic rings. The monoisotopic (exact) mass is 376 g/mol. The fraction of sp³-hybridized carbons (Fsp3) is 0.111. The maximum atomic E-state index is 12.1. The Balaban J connectivity index is 2.03. The van der Waals surface area contributed by atoms with E-state index in [1.54, 1.807) is 24.3 Å². The number of nitrogens with zero attached hydrogens (tertiary/aromatic N) is 1. The number of anilines is 1. The van der Waals surface area contributed by atoms with Crippen molar-refractivity contribution < 1.29 is 4.79 Å². The van der Waals surface area contributed by atoms with Gasteiger partial charge in [-0.2, -0.15) is 5.26 Å². The predicted molar refractivity (Wildman–Crippen MR) is 102 cm³/mol. The molecule has 0 aliphatic rings. The first-order chi connectivity index (χ1) is 11.6. The lowest BCUT2D eigenvalue weighted by Crippen LogP contribution is -2.08. The van der Waals surface area contributed by atoms with Crippen molar-refractivity contribution in [1.82, 2.24) is 0 Å². The number of nitriles is 1. The number of amides is 1. The molecule has 0 fully saturated rings. The lowest BCUT2D eigenvalue weighted by molar-refractivity contribution is -0.111. The standard InChI is InChI=1S/C18H14Cl2N2OS/c19-14-8-6-13(12-15(14)20)7-9-18(23)22-16-4-1-2-5-17(16)24-11-3-10-21/h1-2,4-9,12H,3,11H2,(H,22,23). The van der Waals surface area contributed by atoms with Crippen molar-refractivity contribution in [2.45, 2.75) is 11.3 Å². The van der Waals surface area contributed by atoms with Crippen LogP contribution in [-0.2, 0) is 4.79 Å². The van der Waals surface area contributed by atoms with Crippen molar-refractivity contribution in [3.63, 3.8) is 0 Å². The highest BCUT2D eigenvalue weighted by Gasteiger charge is 2.05. The Morgan fingerprint density at radius 3 is 2.75 bits per heavy atom. The first-order valence-electron chi connectivity index (χ1n) is 7.13. The van der Waals surface area contributed by atoms with Gasteiger partial charge in [0.05, 0.1) is 21.8 Å². The van der Waals surface area contributed by atoms with Crippen LogP contribution >= 0.6 is 35.0 Å². The molecule has 2 aromatic carbocycles. The summed E-state index contributed by atoms with van der Waals surface area (Å²) in [5.41, 5.74) is 1.51. The van der Waals surface area contributed by atoms with Crippen molar-refractivity contribution in [2.75, 3.05) is 11.1 Å². The number of halogens is 2. The van der Waals surface area contributed by atoms with Crippen molar-refractivity contribution in [1.29, 1.82) is 5.26 Å². The number of hydrogen-bond acceptors (Lipinski definition) is 3. The second-order valence-corrected chi connectivity index (χ2v) is 6.70. The number of thioether (sulfide) groups is 1. The third kappa shape index (κ3) is 5.61. The molecule has 0 unspecified atom stereocenters. The molecule has 0 bridgehead atoms. The van der Waals surface area contributed by atoms with Gasteiger partial charge in [-0.15, -0.1) is 11.8 Å². The molecule has 0 aliphatic carbocycles. The van der Waals surface area contributed by atoms with E-state index in [1.165, 1.54) is 17.8 Å². The lowest BCUT2D eigenvalue weighted by Gasteiger charge is -2.08. The predicted octanol–water partition coefficient (Wildman–Crippen LogP) is 5.65. The molecule has 6 heteroatoms. The topological polar surface area (TPSA) is 52.9 Å². The molecule has 0 radical (unpaired) electrons. The fourth-order valence-electron chi connectivity index (χ4n) is 1.86. The molecule has 0 heterocycles. The minimum atomic E-state index is -0.241. The Hall–Kier alpha value is -1.93. The zero-order valence-electron chi connectivity index (χ0n) is 12.6. The SMILES string of the molecule is N#CCCSc1ccccc1NC(=O)C=Cc1ccc(Cl)c(Cl)c1. The smallest absolute Gasteiger partial charge is 0.248 e. The molecule has 0 saturated heterocycles. The Bertz CT molecular complexity index is 800. The van der Waals surface area contributed by atoms with Gasteiger partial charge in [-0.05, 0) is 35.9 Å². The summed E-state index contributed by atoms with van der Waals surface area (Å²) in [7, 11) is 0. The third-order valence-electron chi connectivity index (χ3n) is 2.99. The highest BCUT2D eigenvalue weighted by molar-refractivity contribution is 7.99. The van der Waals surface area contributed by atoms with Crippen LogP contribution < -0.4 is 5.32 Å². The van der Waals surface area contributed by atoms with Gasteiger partial charge >= 0.3 is 0 Å². The Morgan fingerprint density at radius 1 is 1.21 bits per heavy atom. The highest BCUT2D eigenvalue weighted by Crippen LogP contribution is 2.27. The summed E-state index contributed by atoms with van der Waals surface area (Å²) >= 11 is 13.3. The summed E-state index contributed by atoms with van der Waals surface area (Å²) in [6.07, 6.45) is 3.57. The van der Waals surface area contributed by atoms with Crippen molar-refractivity contribution in [2.24, 2.45) is 0 Å².